The molecule has 96 valence electrons. The number of rotatable bonds is 4. The van der Waals surface area contributed by atoms with Gasteiger partial charge < -0.3 is 26.5 Å². The van der Waals surface area contributed by atoms with Gasteiger partial charge in [-0.2, -0.15) is 0 Å². The lowest BCUT2D eigenvalue weighted by molar-refractivity contribution is -0.671. The molecule has 0 N–H and O–H groups in total. The first-order valence-corrected chi connectivity index (χ1v) is 4.81. The second-order valence-electron chi connectivity index (χ2n) is 3.41. The van der Waals surface area contributed by atoms with Crippen molar-refractivity contribution in [3.05, 3.63) is 18.7 Å². The van der Waals surface area contributed by atoms with Crippen LogP contribution in [0.3, 0.4) is 0 Å². The van der Waals surface area contributed by atoms with E-state index in [1.165, 1.54) is 14.0 Å². The zero-order valence-electron chi connectivity index (χ0n) is 9.92. The number of imidazole rings is 1. The smallest absolute Gasteiger partial charge is 0.349 e. The van der Waals surface area contributed by atoms with Gasteiger partial charge in [0.25, 0.3) is 0 Å². The highest BCUT2D eigenvalue weighted by Crippen LogP contribution is 1.96. The number of methoxy groups -OCH3 is 1. The molecule has 0 saturated heterocycles. The topological polar surface area (TPSA) is 61.4 Å². The molecule has 0 aliphatic carbocycles. The first-order chi connectivity index (χ1) is 7.52. The minimum absolute atomic E-state index is 0. The van der Waals surface area contributed by atoms with E-state index in [0.29, 0.717) is 0 Å². The average molecular weight is 307 g/mol. The second-order valence-corrected chi connectivity index (χ2v) is 3.41. The Morgan fingerprint density at radius 1 is 1.47 bits per heavy atom. The monoisotopic (exact) mass is 306 g/mol. The van der Waals surface area contributed by atoms with Crippen LogP contribution in [0.15, 0.2) is 18.7 Å². The van der Waals surface area contributed by atoms with Gasteiger partial charge in [0.05, 0.1) is 14.2 Å². The fourth-order valence-corrected chi connectivity index (χ4v) is 1.19. The van der Waals surface area contributed by atoms with Crippen LogP contribution in [0, 0.1) is 0 Å². The Morgan fingerprint density at radius 3 is 2.59 bits per heavy atom. The molecule has 1 aromatic rings. The quantitative estimate of drug-likeness (QED) is 0.426. The number of halogens is 1. The van der Waals surface area contributed by atoms with Crippen LogP contribution < -0.4 is 21.5 Å². The van der Waals surface area contributed by atoms with E-state index in [9.17, 15) is 9.59 Å². The Bertz CT molecular complexity index is 391. The van der Waals surface area contributed by atoms with Crippen molar-refractivity contribution >= 4 is 11.9 Å². The summed E-state index contributed by atoms with van der Waals surface area (Å²) in [7, 11) is 3.09. The Hall–Kier alpha value is -1.37. The predicted molar refractivity (Wildman–Crippen MR) is 53.2 cm³/mol. The summed E-state index contributed by atoms with van der Waals surface area (Å²) >= 11 is 0. The molecule has 0 saturated carbocycles. The Kier molecular flexibility index (Phi) is 6.48. The lowest BCUT2D eigenvalue weighted by Gasteiger charge is -2.09. The van der Waals surface area contributed by atoms with E-state index in [1.807, 2.05) is 7.05 Å². The van der Waals surface area contributed by atoms with Crippen LogP contribution in [-0.4, -0.2) is 29.7 Å². The highest BCUT2D eigenvalue weighted by Gasteiger charge is 2.19. The number of ether oxygens (including phenoxy) is 2. The summed E-state index contributed by atoms with van der Waals surface area (Å²) in [4.78, 5) is 22.4. The molecule has 1 rings (SSSR count). The average Bonchev–Trinajstić information content (AvgIpc) is 2.62. The molecule has 17 heavy (non-hydrogen) atoms. The lowest BCUT2D eigenvalue weighted by atomic mass is 10.4. The van der Waals surface area contributed by atoms with Gasteiger partial charge in [-0.25, -0.2) is 18.7 Å². The number of hydrogen-bond acceptors (Lipinski definition) is 4. The van der Waals surface area contributed by atoms with Crippen LogP contribution in [0.2, 0.25) is 0 Å². The van der Waals surface area contributed by atoms with Crippen molar-refractivity contribution in [1.29, 1.82) is 0 Å². The summed E-state index contributed by atoms with van der Waals surface area (Å²) in [6, 6.07) is 0. The van der Waals surface area contributed by atoms with Crippen LogP contribution in [0.25, 0.3) is 0 Å². The number of aromatic nitrogens is 2. The van der Waals surface area contributed by atoms with Gasteiger partial charge in [-0.15, -0.1) is 0 Å². The third-order valence-corrected chi connectivity index (χ3v) is 1.98. The molecule has 7 heteroatoms. The molecule has 0 aromatic carbocycles. The zero-order valence-corrected chi connectivity index (χ0v) is 11.5. The first kappa shape index (κ1) is 15.6. The van der Waals surface area contributed by atoms with Crippen molar-refractivity contribution in [2.45, 2.75) is 19.6 Å². The fraction of sp³-hybridized carbons (Fsp3) is 0.500. The molecule has 0 radical (unpaired) electrons. The number of aryl methyl sites for hydroxylation is 1. The lowest BCUT2D eigenvalue weighted by Crippen LogP contribution is -3.00. The SMILES string of the molecule is COC(=O)C(C)OC(=O)Cn1cc[n+](C)c1.[Br-]. The molecule has 0 aliphatic heterocycles. The molecular formula is C10H15BrN2O4. The van der Waals surface area contributed by atoms with Crippen molar-refractivity contribution in [2.24, 2.45) is 7.05 Å². The number of nitrogens with zero attached hydrogens (tertiary/aromatic N) is 2. The Balaban J connectivity index is 0.00000256. The summed E-state index contributed by atoms with van der Waals surface area (Å²) < 4.78 is 12.8. The second kappa shape index (κ2) is 7.05. The van der Waals surface area contributed by atoms with Gasteiger partial charge in [0, 0.05) is 0 Å². The van der Waals surface area contributed by atoms with Crippen LogP contribution in [0.1, 0.15) is 6.92 Å². The van der Waals surface area contributed by atoms with E-state index in [2.05, 4.69) is 4.74 Å². The van der Waals surface area contributed by atoms with Gasteiger partial charge in [0.2, 0.25) is 6.33 Å². The Morgan fingerprint density at radius 2 is 2.12 bits per heavy atom. The van der Waals surface area contributed by atoms with Gasteiger partial charge in [-0.05, 0) is 6.92 Å². The summed E-state index contributed by atoms with van der Waals surface area (Å²) in [5.74, 6) is -1.04. The Labute approximate surface area is 110 Å². The maximum atomic E-state index is 11.4. The van der Waals surface area contributed by atoms with E-state index in [-0.39, 0.29) is 23.5 Å². The normalized spacial score (nSPS) is 11.2. The van der Waals surface area contributed by atoms with E-state index < -0.39 is 18.0 Å². The molecular weight excluding hydrogens is 292 g/mol. The standard InChI is InChI=1S/C10H15N2O4.BrH/c1-8(10(14)15-3)16-9(13)6-12-5-4-11(2)7-12;/h4-5,7-8H,6H2,1-3H3;1H/q+1;/p-1. The van der Waals surface area contributed by atoms with Gasteiger partial charge in [0.1, 0.15) is 12.4 Å². The molecule has 0 aliphatic rings. The van der Waals surface area contributed by atoms with E-state index in [1.54, 1.807) is 27.9 Å². The van der Waals surface area contributed by atoms with E-state index >= 15 is 0 Å². The van der Waals surface area contributed by atoms with Crippen molar-refractivity contribution in [1.82, 2.24) is 4.57 Å². The van der Waals surface area contributed by atoms with Crippen LogP contribution >= 0.6 is 0 Å². The van der Waals surface area contributed by atoms with Crippen molar-refractivity contribution < 1.29 is 40.6 Å². The molecule has 1 heterocycles. The molecule has 1 aromatic heterocycles. The molecule has 0 fully saturated rings. The summed E-state index contributed by atoms with van der Waals surface area (Å²) in [5, 5.41) is 0. The highest BCUT2D eigenvalue weighted by atomic mass is 79.9. The van der Waals surface area contributed by atoms with Gasteiger partial charge in [-0.1, -0.05) is 0 Å². The summed E-state index contributed by atoms with van der Waals surface area (Å²) in [6.45, 7) is 1.54. The maximum absolute atomic E-state index is 11.4. The third-order valence-electron chi connectivity index (χ3n) is 1.98. The zero-order chi connectivity index (χ0) is 12.1. The van der Waals surface area contributed by atoms with Crippen molar-refractivity contribution in [3.8, 4) is 0 Å². The molecule has 1 atom stereocenters. The predicted octanol–water partition coefficient (Wildman–Crippen LogP) is -3.58. The molecule has 1 unspecified atom stereocenters. The molecule has 0 bridgehead atoms. The number of carbonyl (C=O) groups excluding carboxylic acids is 2. The van der Waals surface area contributed by atoms with Crippen LogP contribution in [0.4, 0.5) is 0 Å². The van der Waals surface area contributed by atoms with Gasteiger partial charge in [-0.3, -0.25) is 0 Å². The first-order valence-electron chi connectivity index (χ1n) is 4.81. The van der Waals surface area contributed by atoms with E-state index in [4.69, 9.17) is 4.74 Å². The molecule has 6 nitrogen and oxygen atoms in total. The maximum Gasteiger partial charge on any atom is 0.349 e. The van der Waals surface area contributed by atoms with Crippen LogP contribution in [0.5, 0.6) is 0 Å². The number of esters is 2. The van der Waals surface area contributed by atoms with Gasteiger partial charge in [0.15, 0.2) is 12.6 Å². The van der Waals surface area contributed by atoms with Crippen LogP contribution in [-0.2, 0) is 32.7 Å². The fourth-order valence-electron chi connectivity index (χ4n) is 1.19. The molecule has 0 amide bonds. The van der Waals surface area contributed by atoms with Crippen molar-refractivity contribution in [2.75, 3.05) is 7.11 Å². The van der Waals surface area contributed by atoms with Crippen molar-refractivity contribution in [3.63, 3.8) is 0 Å². The molecule has 0 spiro atoms. The summed E-state index contributed by atoms with van der Waals surface area (Å²) in [5.41, 5.74) is 0. The number of carbonyl (C=O) groups is 2. The van der Waals surface area contributed by atoms with E-state index in [0.717, 1.165) is 0 Å². The minimum Gasteiger partial charge on any atom is -1.00 e. The van der Waals surface area contributed by atoms with Gasteiger partial charge >= 0.3 is 11.9 Å². The largest absolute Gasteiger partial charge is 1.00 e. The third kappa shape index (κ3) is 4.99. The summed E-state index contributed by atoms with van der Waals surface area (Å²) in [6.07, 6.45) is 4.41. The highest BCUT2D eigenvalue weighted by molar-refractivity contribution is 5.78. The minimum atomic E-state index is -0.873. The number of hydrogen-bond donors (Lipinski definition) is 0.